The Morgan fingerprint density at radius 3 is 2.83 bits per heavy atom. The van der Waals surface area contributed by atoms with Crippen molar-refractivity contribution in [2.24, 2.45) is 0 Å². The summed E-state index contributed by atoms with van der Waals surface area (Å²) in [6, 6.07) is 5.24. The van der Waals surface area contributed by atoms with E-state index in [-0.39, 0.29) is 11.7 Å². The Morgan fingerprint density at radius 1 is 1.56 bits per heavy atom. The van der Waals surface area contributed by atoms with Crippen LogP contribution in [0.2, 0.25) is 0 Å². The van der Waals surface area contributed by atoms with Crippen molar-refractivity contribution >= 4 is 21.8 Å². The molecule has 5 heteroatoms. The van der Waals surface area contributed by atoms with Crippen molar-refractivity contribution in [3.63, 3.8) is 0 Å². The molecular formula is C13H16BrNO3. The zero-order chi connectivity index (χ0) is 13.1. The number of halogens is 1. The van der Waals surface area contributed by atoms with E-state index in [1.807, 2.05) is 0 Å². The van der Waals surface area contributed by atoms with Crippen LogP contribution in [0.1, 0.15) is 23.2 Å². The van der Waals surface area contributed by atoms with Crippen LogP contribution in [0, 0.1) is 0 Å². The molecule has 0 aliphatic heterocycles. The molecule has 1 amide bonds. The van der Waals surface area contributed by atoms with Crippen LogP contribution in [0.25, 0.3) is 0 Å². The molecule has 4 nitrogen and oxygen atoms in total. The van der Waals surface area contributed by atoms with E-state index in [0.29, 0.717) is 24.8 Å². The maximum absolute atomic E-state index is 12.4. The van der Waals surface area contributed by atoms with Crippen LogP contribution >= 0.6 is 15.9 Å². The van der Waals surface area contributed by atoms with Crippen LogP contribution in [-0.4, -0.2) is 42.2 Å². The highest BCUT2D eigenvalue weighted by Gasteiger charge is 2.33. The molecule has 0 atom stereocenters. The third kappa shape index (κ3) is 3.03. The molecule has 1 aromatic carbocycles. The molecule has 0 radical (unpaired) electrons. The van der Waals surface area contributed by atoms with E-state index >= 15 is 0 Å². The summed E-state index contributed by atoms with van der Waals surface area (Å²) >= 11 is 3.26. The summed E-state index contributed by atoms with van der Waals surface area (Å²) in [4.78, 5) is 14.1. The van der Waals surface area contributed by atoms with E-state index < -0.39 is 0 Å². The standard InChI is InChI=1S/C13H16BrNO3/c1-18-7-6-15(10-3-4-10)13(17)11-5-2-9(14)8-12(11)16/h2,5,8,10,16H,3-4,6-7H2,1H3. The summed E-state index contributed by atoms with van der Waals surface area (Å²) < 4.78 is 5.78. The van der Waals surface area contributed by atoms with Gasteiger partial charge in [-0.2, -0.15) is 0 Å². The Balaban J connectivity index is 2.16. The van der Waals surface area contributed by atoms with Crippen molar-refractivity contribution < 1.29 is 14.6 Å². The predicted octanol–water partition coefficient (Wildman–Crippen LogP) is 2.41. The highest BCUT2D eigenvalue weighted by atomic mass is 79.9. The minimum atomic E-state index is -0.125. The van der Waals surface area contributed by atoms with Crippen molar-refractivity contribution in [3.8, 4) is 5.75 Å². The molecule has 98 valence electrons. The zero-order valence-corrected chi connectivity index (χ0v) is 11.8. The van der Waals surface area contributed by atoms with Crippen LogP contribution in [0.4, 0.5) is 0 Å². The number of carbonyl (C=O) groups is 1. The zero-order valence-electron chi connectivity index (χ0n) is 10.2. The first-order valence-electron chi connectivity index (χ1n) is 5.92. The highest BCUT2D eigenvalue weighted by Crippen LogP contribution is 2.30. The molecule has 18 heavy (non-hydrogen) atoms. The number of aromatic hydroxyl groups is 1. The number of hydrogen-bond donors (Lipinski definition) is 1. The summed E-state index contributed by atoms with van der Waals surface area (Å²) in [5.41, 5.74) is 0.348. The Morgan fingerprint density at radius 2 is 2.28 bits per heavy atom. The van der Waals surface area contributed by atoms with Crippen LogP contribution < -0.4 is 0 Å². The molecule has 0 unspecified atom stereocenters. The minimum absolute atomic E-state index is 0.0115. The van der Waals surface area contributed by atoms with Gasteiger partial charge < -0.3 is 14.7 Å². The molecule has 0 aromatic heterocycles. The third-order valence-electron chi connectivity index (χ3n) is 2.98. The van der Waals surface area contributed by atoms with Gasteiger partial charge in [0, 0.05) is 24.2 Å². The second-order valence-electron chi connectivity index (χ2n) is 4.38. The molecule has 0 heterocycles. The minimum Gasteiger partial charge on any atom is -0.507 e. The van der Waals surface area contributed by atoms with E-state index in [1.54, 1.807) is 24.1 Å². The van der Waals surface area contributed by atoms with Gasteiger partial charge in [-0.25, -0.2) is 0 Å². The second-order valence-corrected chi connectivity index (χ2v) is 5.30. The van der Waals surface area contributed by atoms with E-state index in [2.05, 4.69) is 15.9 Å². The molecule has 1 N–H and O–H groups in total. The maximum Gasteiger partial charge on any atom is 0.257 e. The van der Waals surface area contributed by atoms with E-state index in [4.69, 9.17) is 4.74 Å². The average molecular weight is 314 g/mol. The summed E-state index contributed by atoms with van der Waals surface area (Å²) in [6.07, 6.45) is 2.07. The lowest BCUT2D eigenvalue weighted by atomic mass is 10.1. The number of benzene rings is 1. The average Bonchev–Trinajstić information content (AvgIpc) is 3.13. The molecule has 1 aliphatic carbocycles. The van der Waals surface area contributed by atoms with Gasteiger partial charge >= 0.3 is 0 Å². The summed E-state index contributed by atoms with van der Waals surface area (Å²) in [5, 5.41) is 9.83. The Hall–Kier alpha value is -1.07. The number of phenols is 1. The van der Waals surface area contributed by atoms with Gasteiger partial charge in [-0.15, -0.1) is 0 Å². The fourth-order valence-electron chi connectivity index (χ4n) is 1.87. The smallest absolute Gasteiger partial charge is 0.257 e. The van der Waals surface area contributed by atoms with Gasteiger partial charge in [0.2, 0.25) is 0 Å². The first-order valence-corrected chi connectivity index (χ1v) is 6.71. The largest absolute Gasteiger partial charge is 0.507 e. The van der Waals surface area contributed by atoms with Crippen LogP contribution in [0.5, 0.6) is 5.75 Å². The van der Waals surface area contributed by atoms with Crippen molar-refractivity contribution in [2.45, 2.75) is 18.9 Å². The lowest BCUT2D eigenvalue weighted by Crippen LogP contribution is -2.35. The number of phenolic OH excluding ortho intramolecular Hbond substituents is 1. The maximum atomic E-state index is 12.4. The summed E-state index contributed by atoms with van der Waals surface area (Å²) in [7, 11) is 1.62. The highest BCUT2D eigenvalue weighted by molar-refractivity contribution is 9.10. The number of amides is 1. The van der Waals surface area contributed by atoms with Crippen molar-refractivity contribution in [1.82, 2.24) is 4.90 Å². The van der Waals surface area contributed by atoms with E-state index in [9.17, 15) is 9.90 Å². The number of ether oxygens (including phenoxy) is 1. The lowest BCUT2D eigenvalue weighted by Gasteiger charge is -2.22. The Labute approximate surface area is 115 Å². The normalized spacial score (nSPS) is 14.6. The van der Waals surface area contributed by atoms with Gasteiger partial charge in [0.05, 0.1) is 12.2 Å². The number of methoxy groups -OCH3 is 1. The molecule has 1 saturated carbocycles. The molecule has 2 rings (SSSR count). The Kier molecular flexibility index (Phi) is 4.24. The third-order valence-corrected chi connectivity index (χ3v) is 3.47. The van der Waals surface area contributed by atoms with Crippen LogP contribution in [0.3, 0.4) is 0 Å². The molecule has 1 aliphatic rings. The van der Waals surface area contributed by atoms with Crippen LogP contribution in [0.15, 0.2) is 22.7 Å². The molecule has 1 aromatic rings. The number of rotatable bonds is 5. The SMILES string of the molecule is COCCN(C(=O)c1ccc(Br)cc1O)C1CC1. The lowest BCUT2D eigenvalue weighted by molar-refractivity contribution is 0.0677. The molecule has 1 fully saturated rings. The molecule has 0 saturated heterocycles. The quantitative estimate of drug-likeness (QED) is 0.908. The van der Waals surface area contributed by atoms with Gasteiger partial charge in [0.1, 0.15) is 5.75 Å². The van der Waals surface area contributed by atoms with E-state index in [0.717, 1.165) is 17.3 Å². The first kappa shape index (κ1) is 13.4. The van der Waals surface area contributed by atoms with Gasteiger partial charge in [0.25, 0.3) is 5.91 Å². The molecule has 0 bridgehead atoms. The predicted molar refractivity (Wildman–Crippen MR) is 71.7 cm³/mol. The van der Waals surface area contributed by atoms with Crippen molar-refractivity contribution in [3.05, 3.63) is 28.2 Å². The summed E-state index contributed by atoms with van der Waals surface area (Å²) in [5.74, 6) is -0.114. The van der Waals surface area contributed by atoms with Gasteiger partial charge in [-0.3, -0.25) is 4.79 Å². The monoisotopic (exact) mass is 313 g/mol. The van der Waals surface area contributed by atoms with Crippen molar-refractivity contribution in [2.75, 3.05) is 20.3 Å². The number of carbonyl (C=O) groups excluding carboxylic acids is 1. The van der Waals surface area contributed by atoms with Crippen molar-refractivity contribution in [1.29, 1.82) is 0 Å². The van der Waals surface area contributed by atoms with Gasteiger partial charge in [-0.05, 0) is 31.0 Å². The fraction of sp³-hybridized carbons (Fsp3) is 0.462. The Bertz CT molecular complexity index is 446. The fourth-order valence-corrected chi connectivity index (χ4v) is 2.22. The molecule has 0 spiro atoms. The van der Waals surface area contributed by atoms with Crippen LogP contribution in [-0.2, 0) is 4.74 Å². The first-order chi connectivity index (χ1) is 8.63. The second kappa shape index (κ2) is 5.71. The number of hydrogen-bond acceptors (Lipinski definition) is 3. The van der Waals surface area contributed by atoms with E-state index in [1.165, 1.54) is 6.07 Å². The molecular weight excluding hydrogens is 298 g/mol. The van der Waals surface area contributed by atoms with Gasteiger partial charge in [-0.1, -0.05) is 15.9 Å². The summed E-state index contributed by atoms with van der Waals surface area (Å²) in [6.45, 7) is 1.08. The topological polar surface area (TPSA) is 49.8 Å². The van der Waals surface area contributed by atoms with Gasteiger partial charge in [0.15, 0.2) is 0 Å². The number of nitrogens with zero attached hydrogens (tertiary/aromatic N) is 1.